The van der Waals surface area contributed by atoms with Crippen molar-refractivity contribution in [3.63, 3.8) is 0 Å². The molecule has 1 amide bonds. The maximum atomic E-state index is 12.5. The van der Waals surface area contributed by atoms with Crippen LogP contribution in [-0.4, -0.2) is 40.2 Å². The van der Waals surface area contributed by atoms with Crippen LogP contribution in [0.5, 0.6) is 0 Å². The Kier molecular flexibility index (Phi) is 4.16. The Labute approximate surface area is 140 Å². The number of hydrogen-bond acceptors (Lipinski definition) is 5. The van der Waals surface area contributed by atoms with Crippen molar-refractivity contribution in [3.8, 4) is 0 Å². The van der Waals surface area contributed by atoms with Crippen molar-refractivity contribution in [2.24, 2.45) is 7.05 Å². The van der Waals surface area contributed by atoms with Gasteiger partial charge in [-0.25, -0.2) is 4.68 Å². The second-order valence-electron chi connectivity index (χ2n) is 6.00. The minimum Gasteiger partial charge on any atom is -0.378 e. The molecule has 0 radical (unpaired) electrons. The van der Waals surface area contributed by atoms with E-state index in [9.17, 15) is 4.79 Å². The Bertz CT molecular complexity index is 886. The Balaban J connectivity index is 1.82. The van der Waals surface area contributed by atoms with Crippen LogP contribution in [0.15, 0.2) is 36.4 Å². The molecule has 0 spiro atoms. The smallest absolute Gasteiger partial charge is 0.251 e. The van der Waals surface area contributed by atoms with Gasteiger partial charge in [-0.2, -0.15) is 0 Å². The van der Waals surface area contributed by atoms with E-state index in [0.29, 0.717) is 11.4 Å². The molecule has 0 aliphatic rings. The summed E-state index contributed by atoms with van der Waals surface area (Å²) in [5.74, 6) is 0.462. The fraction of sp³-hybridized carbons (Fsp3) is 0.294. The van der Waals surface area contributed by atoms with E-state index in [1.165, 1.54) is 0 Å². The molecule has 1 N–H and O–H groups in total. The standard InChI is InChI=1S/C17H20N6O/c1-11(16-19-20-21-23(16)4)18-17(24)14-6-5-13-10-15(22(2)3)8-7-12(13)9-14/h5-11H,1-4H3,(H,18,24). The number of tetrazole rings is 1. The van der Waals surface area contributed by atoms with Gasteiger partial charge in [0.05, 0.1) is 6.04 Å². The summed E-state index contributed by atoms with van der Waals surface area (Å²) in [5, 5.41) is 16.3. The van der Waals surface area contributed by atoms with Crippen LogP contribution in [0.3, 0.4) is 0 Å². The molecule has 1 aromatic heterocycles. The van der Waals surface area contributed by atoms with E-state index in [4.69, 9.17) is 0 Å². The number of carbonyl (C=O) groups is 1. The average molecular weight is 324 g/mol. The first kappa shape index (κ1) is 15.9. The number of amides is 1. The first-order valence-electron chi connectivity index (χ1n) is 7.70. The average Bonchev–Trinajstić information content (AvgIpc) is 2.99. The van der Waals surface area contributed by atoms with Crippen LogP contribution in [0.25, 0.3) is 10.8 Å². The van der Waals surface area contributed by atoms with Gasteiger partial charge in [0.2, 0.25) is 0 Å². The van der Waals surface area contributed by atoms with E-state index in [1.807, 2.05) is 51.4 Å². The number of aromatic nitrogens is 4. The highest BCUT2D eigenvalue weighted by Crippen LogP contribution is 2.22. The highest BCUT2D eigenvalue weighted by atomic mass is 16.1. The monoisotopic (exact) mass is 324 g/mol. The molecule has 1 unspecified atom stereocenters. The summed E-state index contributed by atoms with van der Waals surface area (Å²) >= 11 is 0. The molecule has 7 heteroatoms. The third-order valence-corrected chi connectivity index (χ3v) is 3.99. The summed E-state index contributed by atoms with van der Waals surface area (Å²) in [4.78, 5) is 14.5. The summed E-state index contributed by atoms with van der Waals surface area (Å²) in [7, 11) is 5.76. The number of fused-ring (bicyclic) bond motifs is 1. The zero-order valence-electron chi connectivity index (χ0n) is 14.2. The summed E-state index contributed by atoms with van der Waals surface area (Å²) in [6.45, 7) is 1.86. The van der Waals surface area contributed by atoms with Gasteiger partial charge in [0.25, 0.3) is 5.91 Å². The predicted octanol–water partition coefficient (Wildman–Crippen LogP) is 1.92. The SMILES string of the molecule is CC(NC(=O)c1ccc2cc(N(C)C)ccc2c1)c1nnnn1C. The molecular weight excluding hydrogens is 304 g/mol. The minimum absolute atomic E-state index is 0.149. The molecule has 7 nitrogen and oxygen atoms in total. The summed E-state index contributed by atoms with van der Waals surface area (Å²) < 4.78 is 1.55. The molecule has 0 saturated carbocycles. The number of hydrogen-bond donors (Lipinski definition) is 1. The second kappa shape index (κ2) is 6.27. The van der Waals surface area contributed by atoms with Gasteiger partial charge in [-0.3, -0.25) is 4.79 Å². The normalized spacial score (nSPS) is 12.2. The molecular formula is C17H20N6O. The highest BCUT2D eigenvalue weighted by molar-refractivity contribution is 5.99. The molecule has 0 aliphatic heterocycles. The first-order valence-corrected chi connectivity index (χ1v) is 7.70. The van der Waals surface area contributed by atoms with Gasteiger partial charge in [-0.1, -0.05) is 12.1 Å². The van der Waals surface area contributed by atoms with Gasteiger partial charge in [0.1, 0.15) is 0 Å². The van der Waals surface area contributed by atoms with Gasteiger partial charge in [0, 0.05) is 32.4 Å². The van der Waals surface area contributed by atoms with Crippen molar-refractivity contribution in [1.82, 2.24) is 25.5 Å². The van der Waals surface area contributed by atoms with Crippen molar-refractivity contribution in [2.45, 2.75) is 13.0 Å². The first-order chi connectivity index (χ1) is 11.5. The summed E-state index contributed by atoms with van der Waals surface area (Å²) in [6, 6.07) is 11.6. The molecule has 3 rings (SSSR count). The van der Waals surface area contributed by atoms with Gasteiger partial charge in [-0.05, 0) is 52.4 Å². The maximum absolute atomic E-state index is 12.5. The summed E-state index contributed by atoms with van der Waals surface area (Å²) in [6.07, 6.45) is 0. The molecule has 3 aromatic rings. The molecule has 2 aromatic carbocycles. The van der Waals surface area contributed by atoms with Crippen LogP contribution in [-0.2, 0) is 7.05 Å². The predicted molar refractivity (Wildman–Crippen MR) is 93.0 cm³/mol. The zero-order valence-corrected chi connectivity index (χ0v) is 14.2. The van der Waals surface area contributed by atoms with Gasteiger partial charge < -0.3 is 10.2 Å². The van der Waals surface area contributed by atoms with E-state index in [0.717, 1.165) is 16.5 Å². The maximum Gasteiger partial charge on any atom is 0.251 e. The molecule has 124 valence electrons. The quantitative estimate of drug-likeness (QED) is 0.793. The largest absolute Gasteiger partial charge is 0.378 e. The molecule has 0 aliphatic carbocycles. The van der Waals surface area contributed by atoms with Crippen LogP contribution in [0, 0.1) is 0 Å². The number of benzene rings is 2. The number of nitrogens with zero attached hydrogens (tertiary/aromatic N) is 5. The van der Waals surface area contributed by atoms with E-state index < -0.39 is 0 Å². The lowest BCUT2D eigenvalue weighted by atomic mass is 10.1. The Morgan fingerprint density at radius 2 is 1.88 bits per heavy atom. The number of nitrogens with one attached hydrogen (secondary N) is 1. The van der Waals surface area contributed by atoms with Gasteiger partial charge in [0.15, 0.2) is 5.82 Å². The molecule has 0 saturated heterocycles. The Morgan fingerprint density at radius 3 is 2.54 bits per heavy atom. The van der Waals surface area contributed by atoms with Crippen LogP contribution >= 0.6 is 0 Å². The zero-order chi connectivity index (χ0) is 17.3. The molecule has 1 heterocycles. The van der Waals surface area contributed by atoms with E-state index in [1.54, 1.807) is 11.7 Å². The topological polar surface area (TPSA) is 75.9 Å². The van der Waals surface area contributed by atoms with E-state index in [-0.39, 0.29) is 11.9 Å². The van der Waals surface area contributed by atoms with E-state index in [2.05, 4.69) is 31.8 Å². The van der Waals surface area contributed by atoms with Crippen molar-refractivity contribution < 1.29 is 4.79 Å². The number of anilines is 1. The lowest BCUT2D eigenvalue weighted by Gasteiger charge is -2.14. The second-order valence-corrected chi connectivity index (χ2v) is 6.00. The van der Waals surface area contributed by atoms with E-state index >= 15 is 0 Å². The molecule has 0 fully saturated rings. The van der Waals surface area contributed by atoms with Crippen LogP contribution in [0.1, 0.15) is 29.1 Å². The highest BCUT2D eigenvalue weighted by Gasteiger charge is 2.16. The van der Waals surface area contributed by atoms with Crippen molar-refractivity contribution in [1.29, 1.82) is 0 Å². The van der Waals surface area contributed by atoms with Crippen molar-refractivity contribution in [2.75, 3.05) is 19.0 Å². The van der Waals surface area contributed by atoms with Crippen molar-refractivity contribution >= 4 is 22.4 Å². The van der Waals surface area contributed by atoms with Crippen molar-refractivity contribution in [3.05, 3.63) is 47.8 Å². The van der Waals surface area contributed by atoms with Crippen LogP contribution in [0.2, 0.25) is 0 Å². The molecule has 0 bridgehead atoms. The van der Waals surface area contributed by atoms with Gasteiger partial charge >= 0.3 is 0 Å². The third-order valence-electron chi connectivity index (χ3n) is 3.99. The molecule has 24 heavy (non-hydrogen) atoms. The number of carbonyl (C=O) groups excluding carboxylic acids is 1. The number of rotatable bonds is 4. The molecule has 1 atom stereocenters. The van der Waals surface area contributed by atoms with Gasteiger partial charge in [-0.15, -0.1) is 5.10 Å². The fourth-order valence-corrected chi connectivity index (χ4v) is 2.60. The lowest BCUT2D eigenvalue weighted by Crippen LogP contribution is -2.28. The lowest BCUT2D eigenvalue weighted by molar-refractivity contribution is 0.0938. The summed E-state index contributed by atoms with van der Waals surface area (Å²) in [5.41, 5.74) is 1.74. The minimum atomic E-state index is -0.274. The Morgan fingerprint density at radius 1 is 1.17 bits per heavy atom. The van der Waals surface area contributed by atoms with Crippen LogP contribution in [0.4, 0.5) is 5.69 Å². The number of aryl methyl sites for hydroxylation is 1. The Hall–Kier alpha value is -2.96. The third kappa shape index (κ3) is 3.05. The van der Waals surface area contributed by atoms with Crippen LogP contribution < -0.4 is 10.2 Å². The fourth-order valence-electron chi connectivity index (χ4n) is 2.60.